The number of nitrogens with two attached hydrogens (primary N) is 1. The number of nitrogens with one attached hydrogen (secondary N) is 1. The summed E-state index contributed by atoms with van der Waals surface area (Å²) in [5.41, 5.74) is 5.80. The third kappa shape index (κ3) is 13.8. The van der Waals surface area contributed by atoms with Crippen molar-refractivity contribution >= 4 is 0 Å². The monoisotopic (exact) mass is 338 g/mol. The predicted molar refractivity (Wildman–Crippen MR) is 99.4 cm³/mol. The molecule has 0 amide bonds. The van der Waals surface area contributed by atoms with Gasteiger partial charge in [-0.25, -0.2) is 8.78 Å². The Morgan fingerprint density at radius 1 is 1.29 bits per heavy atom. The fraction of sp³-hybridized carbons (Fsp3) is 0.500. The van der Waals surface area contributed by atoms with Crippen molar-refractivity contribution in [2.45, 2.75) is 51.9 Å². The molecule has 0 bridgehead atoms. The van der Waals surface area contributed by atoms with Gasteiger partial charge in [-0.3, -0.25) is 0 Å². The van der Waals surface area contributed by atoms with Crippen molar-refractivity contribution in [3.8, 4) is 0 Å². The second kappa shape index (κ2) is 14.7. The highest BCUT2D eigenvalue weighted by atomic mass is 19.1. The van der Waals surface area contributed by atoms with E-state index >= 15 is 0 Å². The predicted octanol–water partition coefficient (Wildman–Crippen LogP) is 5.52. The summed E-state index contributed by atoms with van der Waals surface area (Å²) in [6, 6.07) is 4.55. The van der Waals surface area contributed by atoms with E-state index in [4.69, 9.17) is 5.73 Å². The number of unbranched alkanes of at least 4 members (excludes halogenated alkanes) is 1. The van der Waals surface area contributed by atoms with Crippen LogP contribution in [0.25, 0.3) is 0 Å². The minimum absolute atomic E-state index is 0.537. The smallest absolute Gasteiger partial charge is 0.126 e. The highest BCUT2D eigenvalue weighted by molar-refractivity contribution is 5.04. The number of hydrogen-bond donors (Lipinski definition) is 2. The highest BCUT2D eigenvalue weighted by Crippen LogP contribution is 2.28. The van der Waals surface area contributed by atoms with Gasteiger partial charge >= 0.3 is 0 Å². The van der Waals surface area contributed by atoms with Gasteiger partial charge < -0.3 is 11.1 Å². The summed E-state index contributed by atoms with van der Waals surface area (Å²) in [6.45, 7) is 9.79. The summed E-state index contributed by atoms with van der Waals surface area (Å²) in [4.78, 5) is 0. The van der Waals surface area contributed by atoms with Gasteiger partial charge in [-0.05, 0) is 24.3 Å². The summed E-state index contributed by atoms with van der Waals surface area (Å²) < 4.78 is 23.9. The van der Waals surface area contributed by atoms with Crippen LogP contribution in [0.3, 0.4) is 0 Å². The molecule has 2 nitrogen and oxygen atoms in total. The fourth-order valence-corrected chi connectivity index (χ4v) is 2.46. The first kappa shape index (κ1) is 22.2. The van der Waals surface area contributed by atoms with Crippen LogP contribution in [-0.2, 0) is 0 Å². The van der Waals surface area contributed by atoms with Crippen LogP contribution in [0.2, 0.25) is 0 Å². The van der Waals surface area contributed by atoms with Crippen LogP contribution in [0.1, 0.15) is 51.9 Å². The topological polar surface area (TPSA) is 38.0 Å². The van der Waals surface area contributed by atoms with Crippen molar-refractivity contribution in [3.05, 3.63) is 61.0 Å². The largest absolute Gasteiger partial charge is 0.401 e. The molecule has 2 rings (SSSR count). The van der Waals surface area contributed by atoms with Crippen molar-refractivity contribution < 1.29 is 8.78 Å². The molecule has 0 spiro atoms. The minimum atomic E-state index is -0.537. The Bertz CT molecular complexity index is 437. The second-order valence-electron chi connectivity index (χ2n) is 5.98. The van der Waals surface area contributed by atoms with Gasteiger partial charge in [-0.15, -0.1) is 0 Å². The quantitative estimate of drug-likeness (QED) is 0.716. The van der Waals surface area contributed by atoms with Gasteiger partial charge in [0.05, 0.1) is 6.54 Å². The first-order chi connectivity index (χ1) is 11.5. The van der Waals surface area contributed by atoms with Crippen LogP contribution in [0.5, 0.6) is 0 Å². The molecule has 1 saturated carbocycles. The Morgan fingerprint density at radius 3 is 2.21 bits per heavy atom. The molecule has 0 heterocycles. The lowest BCUT2D eigenvalue weighted by Gasteiger charge is -2.05. The van der Waals surface area contributed by atoms with Crippen molar-refractivity contribution in [2.75, 3.05) is 6.54 Å². The molecule has 1 aliphatic carbocycles. The maximum Gasteiger partial charge on any atom is 0.126 e. The van der Waals surface area contributed by atoms with E-state index in [0.717, 1.165) is 12.0 Å². The van der Waals surface area contributed by atoms with Gasteiger partial charge in [0.15, 0.2) is 0 Å². The summed E-state index contributed by atoms with van der Waals surface area (Å²) in [6.07, 6.45) is 12.0. The van der Waals surface area contributed by atoms with E-state index in [1.807, 2.05) is 0 Å². The molecule has 0 atom stereocenters. The molecular weight excluding hydrogens is 306 g/mol. The molecule has 0 aliphatic heterocycles. The van der Waals surface area contributed by atoms with E-state index in [9.17, 15) is 8.78 Å². The van der Waals surface area contributed by atoms with Crippen LogP contribution in [0.15, 0.2) is 49.3 Å². The van der Waals surface area contributed by atoms with E-state index in [1.54, 1.807) is 6.20 Å². The van der Waals surface area contributed by atoms with Crippen LogP contribution < -0.4 is 11.1 Å². The van der Waals surface area contributed by atoms with E-state index in [1.165, 1.54) is 63.1 Å². The average Bonchev–Trinajstić information content (AvgIpc) is 3.05. The zero-order chi connectivity index (χ0) is 18.2. The maximum atomic E-state index is 11.9. The molecule has 1 aliphatic rings. The van der Waals surface area contributed by atoms with E-state index in [0.29, 0.717) is 12.2 Å². The first-order valence-electron chi connectivity index (χ1n) is 8.68. The Hall–Kier alpha value is -1.84. The third-order valence-electron chi connectivity index (χ3n) is 3.70. The summed E-state index contributed by atoms with van der Waals surface area (Å²) in [5.74, 6) is 0.0416. The minimum Gasteiger partial charge on any atom is -0.401 e. The lowest BCUT2D eigenvalue weighted by Crippen LogP contribution is -2.13. The molecule has 0 radical (unpaired) electrons. The van der Waals surface area contributed by atoms with Gasteiger partial charge in [0.25, 0.3) is 0 Å². The summed E-state index contributed by atoms with van der Waals surface area (Å²) in [7, 11) is 0. The molecule has 4 heteroatoms. The molecule has 3 N–H and O–H groups in total. The van der Waals surface area contributed by atoms with E-state index in [-0.39, 0.29) is 0 Å². The van der Waals surface area contributed by atoms with Crippen LogP contribution in [0, 0.1) is 17.6 Å². The molecule has 24 heavy (non-hydrogen) atoms. The molecular formula is C20H32F2N2. The van der Waals surface area contributed by atoms with E-state index < -0.39 is 11.6 Å². The molecule has 136 valence electrons. The van der Waals surface area contributed by atoms with Crippen molar-refractivity contribution in [2.24, 2.45) is 11.7 Å². The Kier molecular flexibility index (Phi) is 13.6. The van der Waals surface area contributed by atoms with Gasteiger partial charge in [-0.2, -0.15) is 0 Å². The summed E-state index contributed by atoms with van der Waals surface area (Å²) >= 11 is 0. The number of benzene rings is 1. The standard InChI is InChI=1S/C9H18.C6H4F2.C5H10N2/c1-2-3-6-9-7-4-5-8-9;7-5-2-1-3-6(8)4-5;1-3-7-4-5(2)6/h9H,2-8H2,1H3;1-4H;3,7H,1-2,4,6H2. The van der Waals surface area contributed by atoms with Crippen LogP contribution in [0.4, 0.5) is 8.78 Å². The number of hydrogen-bond acceptors (Lipinski definition) is 2. The van der Waals surface area contributed by atoms with Gasteiger partial charge in [0.1, 0.15) is 11.6 Å². The molecule has 1 aromatic carbocycles. The lowest BCUT2D eigenvalue weighted by molar-refractivity contribution is 0.480. The van der Waals surface area contributed by atoms with Crippen molar-refractivity contribution in [1.29, 1.82) is 0 Å². The van der Waals surface area contributed by atoms with Gasteiger partial charge in [0, 0.05) is 11.8 Å². The lowest BCUT2D eigenvalue weighted by atomic mass is 10.0. The first-order valence-corrected chi connectivity index (χ1v) is 8.68. The summed E-state index contributed by atoms with van der Waals surface area (Å²) in [5, 5.41) is 2.79. The maximum absolute atomic E-state index is 11.9. The van der Waals surface area contributed by atoms with Crippen molar-refractivity contribution in [1.82, 2.24) is 5.32 Å². The average molecular weight is 338 g/mol. The molecule has 1 fully saturated rings. The Morgan fingerprint density at radius 2 is 1.88 bits per heavy atom. The molecule has 0 unspecified atom stereocenters. The van der Waals surface area contributed by atoms with Gasteiger partial charge in [-0.1, -0.05) is 71.1 Å². The van der Waals surface area contributed by atoms with E-state index in [2.05, 4.69) is 25.4 Å². The molecule has 0 saturated heterocycles. The normalized spacial score (nSPS) is 13.1. The van der Waals surface area contributed by atoms with Crippen LogP contribution in [-0.4, -0.2) is 6.54 Å². The Labute approximate surface area is 145 Å². The number of rotatable bonds is 6. The SMILES string of the molecule is C=CNCC(=C)N.CCCCC1CCCC1.Fc1cccc(F)c1. The van der Waals surface area contributed by atoms with Gasteiger partial charge in [0.2, 0.25) is 0 Å². The zero-order valence-electron chi connectivity index (χ0n) is 14.9. The molecule has 1 aromatic rings. The number of halogens is 2. The van der Waals surface area contributed by atoms with Crippen molar-refractivity contribution in [3.63, 3.8) is 0 Å². The molecule has 0 aromatic heterocycles. The highest BCUT2D eigenvalue weighted by Gasteiger charge is 2.13. The fourth-order valence-electron chi connectivity index (χ4n) is 2.46. The third-order valence-corrected chi connectivity index (χ3v) is 3.70. The Balaban J connectivity index is 0.000000334. The zero-order valence-corrected chi connectivity index (χ0v) is 14.9. The van der Waals surface area contributed by atoms with Crippen LogP contribution >= 0.6 is 0 Å². The second-order valence-corrected chi connectivity index (χ2v) is 5.98.